The molecule has 1 aliphatic heterocycles. The first-order chi connectivity index (χ1) is 10.0. The average molecular weight is 286 g/mol. The molecule has 0 saturated carbocycles. The van der Waals surface area contributed by atoms with E-state index in [1.807, 2.05) is 6.92 Å². The van der Waals surface area contributed by atoms with Crippen molar-refractivity contribution >= 4 is 17.3 Å². The highest BCUT2D eigenvalue weighted by molar-refractivity contribution is 6.07. The summed E-state index contributed by atoms with van der Waals surface area (Å²) in [5.41, 5.74) is 7.68. The molecule has 2 aromatic carbocycles. The third-order valence-corrected chi connectivity index (χ3v) is 3.19. The molecule has 1 amide bonds. The number of rotatable bonds is 2. The molecular weight excluding hydrogens is 272 g/mol. The van der Waals surface area contributed by atoms with E-state index in [1.54, 1.807) is 24.3 Å². The van der Waals surface area contributed by atoms with E-state index < -0.39 is 5.91 Å². The Hall–Kier alpha value is -2.89. The molecule has 1 aliphatic rings. The number of carbonyl (C=O) groups is 1. The van der Waals surface area contributed by atoms with Crippen LogP contribution in [0.4, 0.5) is 11.4 Å². The molecule has 108 valence electrons. The second-order valence-corrected chi connectivity index (χ2v) is 4.77. The van der Waals surface area contributed by atoms with Crippen LogP contribution in [0.2, 0.25) is 0 Å². The number of phenols is 1. The second-order valence-electron chi connectivity index (χ2n) is 4.77. The van der Waals surface area contributed by atoms with Crippen molar-refractivity contribution in [1.29, 1.82) is 0 Å². The first-order valence-corrected chi connectivity index (χ1v) is 6.34. The normalized spacial score (nSPS) is 12.2. The van der Waals surface area contributed by atoms with E-state index in [4.69, 9.17) is 15.2 Å². The van der Waals surface area contributed by atoms with Crippen molar-refractivity contribution in [1.82, 2.24) is 0 Å². The maximum atomic E-state index is 12.2. The number of fused-ring (bicyclic) bond motifs is 1. The van der Waals surface area contributed by atoms with Gasteiger partial charge in [-0.2, -0.15) is 0 Å². The summed E-state index contributed by atoms with van der Waals surface area (Å²) in [4.78, 5) is 12.2. The van der Waals surface area contributed by atoms with Crippen molar-refractivity contribution in [3.05, 3.63) is 41.5 Å². The highest BCUT2D eigenvalue weighted by atomic mass is 16.7. The zero-order valence-corrected chi connectivity index (χ0v) is 11.3. The summed E-state index contributed by atoms with van der Waals surface area (Å²) in [5, 5.41) is 12.5. The van der Waals surface area contributed by atoms with E-state index in [-0.39, 0.29) is 18.1 Å². The lowest BCUT2D eigenvalue weighted by Crippen LogP contribution is -2.13. The Morgan fingerprint density at radius 3 is 2.67 bits per heavy atom. The van der Waals surface area contributed by atoms with Gasteiger partial charge in [0, 0.05) is 12.1 Å². The number of phenolic OH excluding ortho intramolecular Hbond substituents is 1. The molecule has 0 aliphatic carbocycles. The van der Waals surface area contributed by atoms with E-state index >= 15 is 0 Å². The third kappa shape index (κ3) is 2.43. The number of nitrogens with one attached hydrogen (secondary N) is 1. The largest absolute Gasteiger partial charge is 0.507 e. The topological polar surface area (TPSA) is 93.8 Å². The van der Waals surface area contributed by atoms with Crippen LogP contribution in [0.15, 0.2) is 30.3 Å². The quantitative estimate of drug-likeness (QED) is 0.736. The van der Waals surface area contributed by atoms with Crippen LogP contribution < -0.4 is 20.5 Å². The van der Waals surface area contributed by atoms with Crippen LogP contribution >= 0.6 is 0 Å². The summed E-state index contributed by atoms with van der Waals surface area (Å²) in [6.07, 6.45) is 0. The van der Waals surface area contributed by atoms with E-state index in [0.29, 0.717) is 22.9 Å². The SMILES string of the molecule is Cc1ccc(C(=O)Nc2cc3c(cc2N)OCO3)c(O)c1. The fourth-order valence-electron chi connectivity index (χ4n) is 2.09. The summed E-state index contributed by atoms with van der Waals surface area (Å²) < 4.78 is 10.4. The van der Waals surface area contributed by atoms with Gasteiger partial charge in [-0.1, -0.05) is 6.07 Å². The molecule has 1 heterocycles. The van der Waals surface area contributed by atoms with Gasteiger partial charge in [-0.05, 0) is 24.6 Å². The Morgan fingerprint density at radius 2 is 1.95 bits per heavy atom. The molecule has 0 saturated heterocycles. The number of aromatic hydroxyl groups is 1. The summed E-state index contributed by atoms with van der Waals surface area (Å²) >= 11 is 0. The monoisotopic (exact) mass is 286 g/mol. The average Bonchev–Trinajstić information content (AvgIpc) is 2.86. The van der Waals surface area contributed by atoms with Gasteiger partial charge in [0.2, 0.25) is 6.79 Å². The van der Waals surface area contributed by atoms with E-state index in [1.165, 1.54) is 6.07 Å². The molecule has 0 radical (unpaired) electrons. The number of ether oxygens (including phenoxy) is 2. The molecule has 6 heteroatoms. The Labute approximate surface area is 121 Å². The number of hydrogen-bond donors (Lipinski definition) is 3. The van der Waals surface area contributed by atoms with Crippen molar-refractivity contribution in [3.8, 4) is 17.2 Å². The molecule has 2 aromatic rings. The lowest BCUT2D eigenvalue weighted by Gasteiger charge is -2.10. The number of anilines is 2. The maximum absolute atomic E-state index is 12.2. The predicted octanol–water partition coefficient (Wildman–Crippen LogP) is 2.26. The first kappa shape index (κ1) is 13.1. The second kappa shape index (κ2) is 4.90. The molecule has 0 bridgehead atoms. The first-order valence-electron chi connectivity index (χ1n) is 6.34. The van der Waals surface area contributed by atoms with Gasteiger partial charge >= 0.3 is 0 Å². The van der Waals surface area contributed by atoms with Crippen LogP contribution in [-0.2, 0) is 0 Å². The summed E-state index contributed by atoms with van der Waals surface area (Å²) in [7, 11) is 0. The molecule has 0 fully saturated rings. The summed E-state index contributed by atoms with van der Waals surface area (Å²) in [5.74, 6) is 0.543. The molecular formula is C15H14N2O4. The minimum atomic E-state index is -0.446. The van der Waals surface area contributed by atoms with Gasteiger partial charge in [-0.15, -0.1) is 0 Å². The molecule has 0 atom stereocenters. The van der Waals surface area contributed by atoms with Crippen LogP contribution in [-0.4, -0.2) is 17.8 Å². The van der Waals surface area contributed by atoms with Gasteiger partial charge in [-0.25, -0.2) is 0 Å². The van der Waals surface area contributed by atoms with E-state index in [0.717, 1.165) is 5.56 Å². The minimum absolute atomic E-state index is 0.0770. The highest BCUT2D eigenvalue weighted by Crippen LogP contribution is 2.38. The van der Waals surface area contributed by atoms with Crippen LogP contribution in [0.1, 0.15) is 15.9 Å². The van der Waals surface area contributed by atoms with Gasteiger partial charge in [0.15, 0.2) is 11.5 Å². The summed E-state index contributed by atoms with van der Waals surface area (Å²) in [6, 6.07) is 8.02. The van der Waals surface area contributed by atoms with Gasteiger partial charge in [0.1, 0.15) is 5.75 Å². The van der Waals surface area contributed by atoms with E-state index in [9.17, 15) is 9.90 Å². The smallest absolute Gasteiger partial charge is 0.259 e. The van der Waals surface area contributed by atoms with Crippen molar-refractivity contribution in [3.63, 3.8) is 0 Å². The van der Waals surface area contributed by atoms with Crippen molar-refractivity contribution < 1.29 is 19.4 Å². The Kier molecular flexibility index (Phi) is 3.06. The third-order valence-electron chi connectivity index (χ3n) is 3.19. The Morgan fingerprint density at radius 1 is 1.24 bits per heavy atom. The predicted molar refractivity (Wildman–Crippen MR) is 77.8 cm³/mol. The zero-order chi connectivity index (χ0) is 15.0. The molecule has 4 N–H and O–H groups in total. The number of hydrogen-bond acceptors (Lipinski definition) is 5. The fraction of sp³-hybridized carbons (Fsp3) is 0.133. The van der Waals surface area contributed by atoms with Crippen molar-refractivity contribution in [2.75, 3.05) is 17.8 Å². The number of amides is 1. The number of carbonyl (C=O) groups excluding carboxylic acids is 1. The number of nitrogen functional groups attached to an aromatic ring is 1. The van der Waals surface area contributed by atoms with E-state index in [2.05, 4.69) is 5.32 Å². The molecule has 6 nitrogen and oxygen atoms in total. The Bertz CT molecular complexity index is 728. The lowest BCUT2D eigenvalue weighted by molar-refractivity contribution is 0.102. The van der Waals surface area contributed by atoms with Crippen LogP contribution in [0.3, 0.4) is 0 Å². The van der Waals surface area contributed by atoms with Gasteiger partial charge < -0.3 is 25.6 Å². The van der Waals surface area contributed by atoms with Gasteiger partial charge in [0.05, 0.1) is 16.9 Å². The van der Waals surface area contributed by atoms with Crippen LogP contribution in [0.5, 0.6) is 17.2 Å². The van der Waals surface area contributed by atoms with Crippen molar-refractivity contribution in [2.24, 2.45) is 0 Å². The number of benzene rings is 2. The Balaban J connectivity index is 1.88. The summed E-state index contributed by atoms with van der Waals surface area (Å²) in [6.45, 7) is 1.96. The van der Waals surface area contributed by atoms with Gasteiger partial charge in [-0.3, -0.25) is 4.79 Å². The van der Waals surface area contributed by atoms with Gasteiger partial charge in [0.25, 0.3) is 5.91 Å². The highest BCUT2D eigenvalue weighted by Gasteiger charge is 2.18. The minimum Gasteiger partial charge on any atom is -0.507 e. The molecule has 21 heavy (non-hydrogen) atoms. The molecule has 0 aromatic heterocycles. The number of aryl methyl sites for hydroxylation is 1. The number of nitrogens with two attached hydrogens (primary N) is 1. The standard InChI is InChI=1S/C15H14N2O4/c1-8-2-3-9(12(18)4-8)15(19)17-11-6-14-13(5-10(11)16)20-7-21-14/h2-6,18H,7,16H2,1H3,(H,17,19). The molecule has 0 unspecified atom stereocenters. The zero-order valence-electron chi connectivity index (χ0n) is 11.3. The van der Waals surface area contributed by atoms with Crippen LogP contribution in [0.25, 0.3) is 0 Å². The van der Waals surface area contributed by atoms with Crippen molar-refractivity contribution in [2.45, 2.75) is 6.92 Å². The fourth-order valence-corrected chi connectivity index (χ4v) is 2.09. The van der Waals surface area contributed by atoms with Crippen LogP contribution in [0, 0.1) is 6.92 Å². The molecule has 0 spiro atoms. The maximum Gasteiger partial charge on any atom is 0.259 e. The lowest BCUT2D eigenvalue weighted by atomic mass is 10.1. The molecule has 3 rings (SSSR count).